The van der Waals surface area contributed by atoms with Crippen LogP contribution < -0.4 is 10.5 Å². The molecule has 1 unspecified atom stereocenters. The molecule has 19 heavy (non-hydrogen) atoms. The molecule has 0 aromatic heterocycles. The first-order valence-corrected chi connectivity index (χ1v) is 7.10. The summed E-state index contributed by atoms with van der Waals surface area (Å²) < 4.78 is 6.71. The van der Waals surface area contributed by atoms with Gasteiger partial charge in [-0.15, -0.1) is 0 Å². The van der Waals surface area contributed by atoms with Gasteiger partial charge in [0.2, 0.25) is 0 Å². The summed E-state index contributed by atoms with van der Waals surface area (Å²) in [6, 6.07) is 7.79. The summed E-state index contributed by atoms with van der Waals surface area (Å²) in [6.45, 7) is 2.33. The molecule has 0 radical (unpaired) electrons. The third kappa shape index (κ3) is 3.84. The molecule has 1 aliphatic rings. The van der Waals surface area contributed by atoms with Gasteiger partial charge in [0, 0.05) is 11.0 Å². The number of hydrogen-bond acceptors (Lipinski definition) is 4. The smallest absolute Gasteiger partial charge is 0.156 e. The van der Waals surface area contributed by atoms with Crippen LogP contribution in [0.1, 0.15) is 12.8 Å². The van der Waals surface area contributed by atoms with Crippen LogP contribution in [-0.4, -0.2) is 41.7 Å². The third-order valence-electron chi connectivity index (χ3n) is 3.28. The van der Waals surface area contributed by atoms with E-state index in [1.807, 2.05) is 24.3 Å². The number of oxime groups is 1. The first kappa shape index (κ1) is 14.1. The van der Waals surface area contributed by atoms with Gasteiger partial charge in [-0.1, -0.05) is 21.1 Å². The number of amidine groups is 1. The van der Waals surface area contributed by atoms with Crippen molar-refractivity contribution < 1.29 is 9.94 Å². The SMILES string of the molecule is NC(=NO)C1CCCN1CCOc1ccc(Br)cc1. The van der Waals surface area contributed by atoms with Crippen LogP contribution in [0.3, 0.4) is 0 Å². The van der Waals surface area contributed by atoms with E-state index < -0.39 is 0 Å². The van der Waals surface area contributed by atoms with Crippen LogP contribution in [0.25, 0.3) is 0 Å². The predicted molar refractivity (Wildman–Crippen MR) is 77.6 cm³/mol. The maximum absolute atomic E-state index is 8.74. The summed E-state index contributed by atoms with van der Waals surface area (Å²) in [5, 5.41) is 11.8. The van der Waals surface area contributed by atoms with E-state index in [0.29, 0.717) is 12.4 Å². The summed E-state index contributed by atoms with van der Waals surface area (Å²) in [7, 11) is 0. The lowest BCUT2D eigenvalue weighted by atomic mass is 10.2. The Morgan fingerprint density at radius 1 is 1.47 bits per heavy atom. The number of ether oxygens (including phenoxy) is 1. The van der Waals surface area contributed by atoms with Crippen molar-refractivity contribution in [2.24, 2.45) is 10.9 Å². The minimum absolute atomic E-state index is 0.0403. The average Bonchev–Trinajstić information content (AvgIpc) is 2.88. The van der Waals surface area contributed by atoms with Gasteiger partial charge in [-0.25, -0.2) is 0 Å². The molecule has 0 aliphatic carbocycles. The van der Waals surface area contributed by atoms with E-state index in [4.69, 9.17) is 15.7 Å². The highest BCUT2D eigenvalue weighted by molar-refractivity contribution is 9.10. The molecule has 0 saturated carbocycles. The van der Waals surface area contributed by atoms with Crippen LogP contribution in [0.5, 0.6) is 5.75 Å². The molecule has 1 aliphatic heterocycles. The van der Waals surface area contributed by atoms with Gasteiger partial charge in [-0.2, -0.15) is 0 Å². The molecule has 5 nitrogen and oxygen atoms in total. The lowest BCUT2D eigenvalue weighted by Crippen LogP contribution is -2.42. The maximum atomic E-state index is 8.74. The predicted octanol–water partition coefficient (Wildman–Crippen LogP) is 2.04. The van der Waals surface area contributed by atoms with Gasteiger partial charge < -0.3 is 15.7 Å². The van der Waals surface area contributed by atoms with Gasteiger partial charge >= 0.3 is 0 Å². The van der Waals surface area contributed by atoms with Crippen molar-refractivity contribution in [2.45, 2.75) is 18.9 Å². The lowest BCUT2D eigenvalue weighted by Gasteiger charge is -2.23. The third-order valence-corrected chi connectivity index (χ3v) is 3.81. The topological polar surface area (TPSA) is 71.1 Å². The molecule has 1 atom stereocenters. The van der Waals surface area contributed by atoms with Crippen molar-refractivity contribution in [3.8, 4) is 5.75 Å². The van der Waals surface area contributed by atoms with Crippen molar-refractivity contribution >= 4 is 21.8 Å². The van der Waals surface area contributed by atoms with Crippen LogP contribution in [0.15, 0.2) is 33.9 Å². The largest absolute Gasteiger partial charge is 0.492 e. The molecular weight excluding hydrogens is 310 g/mol. The molecule has 1 aromatic rings. The molecule has 1 fully saturated rings. The van der Waals surface area contributed by atoms with Crippen molar-refractivity contribution in [1.82, 2.24) is 4.90 Å². The molecule has 1 saturated heterocycles. The molecule has 2 rings (SSSR count). The monoisotopic (exact) mass is 327 g/mol. The van der Waals surface area contributed by atoms with Gasteiger partial charge in [0.15, 0.2) is 5.84 Å². The van der Waals surface area contributed by atoms with Crippen molar-refractivity contribution in [2.75, 3.05) is 19.7 Å². The molecule has 0 spiro atoms. The first-order chi connectivity index (χ1) is 9.20. The minimum Gasteiger partial charge on any atom is -0.492 e. The highest BCUT2D eigenvalue weighted by Crippen LogP contribution is 2.18. The molecule has 6 heteroatoms. The van der Waals surface area contributed by atoms with Crippen molar-refractivity contribution in [3.05, 3.63) is 28.7 Å². The van der Waals surface area contributed by atoms with E-state index >= 15 is 0 Å². The number of benzene rings is 1. The van der Waals surface area contributed by atoms with E-state index in [9.17, 15) is 0 Å². The second-order valence-electron chi connectivity index (χ2n) is 4.52. The van der Waals surface area contributed by atoms with E-state index in [1.165, 1.54) is 0 Å². The van der Waals surface area contributed by atoms with Crippen molar-refractivity contribution in [3.63, 3.8) is 0 Å². The van der Waals surface area contributed by atoms with Gasteiger partial charge in [-0.05, 0) is 43.7 Å². The lowest BCUT2D eigenvalue weighted by molar-refractivity contribution is 0.217. The molecular formula is C13H18BrN3O2. The Hall–Kier alpha value is -1.27. The van der Waals surface area contributed by atoms with Crippen LogP contribution in [0.4, 0.5) is 0 Å². The number of nitrogens with zero attached hydrogens (tertiary/aromatic N) is 2. The van der Waals surface area contributed by atoms with E-state index in [2.05, 4.69) is 26.0 Å². The van der Waals surface area contributed by atoms with Gasteiger partial charge in [0.25, 0.3) is 0 Å². The Bertz CT molecular complexity index is 436. The summed E-state index contributed by atoms with van der Waals surface area (Å²) in [5.74, 6) is 1.14. The average molecular weight is 328 g/mol. The minimum atomic E-state index is 0.0403. The molecule has 3 N–H and O–H groups in total. The highest BCUT2D eigenvalue weighted by Gasteiger charge is 2.27. The van der Waals surface area contributed by atoms with Crippen LogP contribution in [0.2, 0.25) is 0 Å². The number of likely N-dealkylation sites (tertiary alicyclic amines) is 1. The Morgan fingerprint density at radius 3 is 2.89 bits per heavy atom. The maximum Gasteiger partial charge on any atom is 0.156 e. The van der Waals surface area contributed by atoms with Crippen LogP contribution in [-0.2, 0) is 0 Å². The van der Waals surface area contributed by atoms with Gasteiger partial charge in [-0.3, -0.25) is 4.90 Å². The normalized spacial score (nSPS) is 20.7. The fraction of sp³-hybridized carbons (Fsp3) is 0.462. The Kier molecular flexibility index (Phi) is 5.04. The van der Waals surface area contributed by atoms with E-state index in [1.54, 1.807) is 0 Å². The molecule has 104 valence electrons. The van der Waals surface area contributed by atoms with Gasteiger partial charge in [0.1, 0.15) is 12.4 Å². The number of hydrogen-bond donors (Lipinski definition) is 2. The Labute approximate surface area is 121 Å². The Morgan fingerprint density at radius 2 is 2.21 bits per heavy atom. The van der Waals surface area contributed by atoms with Crippen molar-refractivity contribution in [1.29, 1.82) is 0 Å². The number of halogens is 1. The summed E-state index contributed by atoms with van der Waals surface area (Å²) in [4.78, 5) is 2.19. The molecule has 0 bridgehead atoms. The first-order valence-electron chi connectivity index (χ1n) is 6.30. The number of rotatable bonds is 5. The summed E-state index contributed by atoms with van der Waals surface area (Å²) in [6.07, 6.45) is 2.01. The molecule has 0 amide bonds. The zero-order valence-electron chi connectivity index (χ0n) is 10.6. The van der Waals surface area contributed by atoms with Crippen LogP contribution in [0, 0.1) is 0 Å². The zero-order valence-corrected chi connectivity index (χ0v) is 12.2. The quantitative estimate of drug-likeness (QED) is 0.376. The van der Waals surface area contributed by atoms with E-state index in [-0.39, 0.29) is 6.04 Å². The van der Waals surface area contributed by atoms with Crippen LogP contribution >= 0.6 is 15.9 Å². The van der Waals surface area contributed by atoms with E-state index in [0.717, 1.165) is 36.2 Å². The molecule has 1 aromatic carbocycles. The fourth-order valence-corrected chi connectivity index (χ4v) is 2.57. The number of nitrogens with two attached hydrogens (primary N) is 1. The fourth-order valence-electron chi connectivity index (χ4n) is 2.31. The summed E-state index contributed by atoms with van der Waals surface area (Å²) >= 11 is 3.38. The Balaban J connectivity index is 1.80. The second kappa shape index (κ2) is 6.77. The summed E-state index contributed by atoms with van der Waals surface area (Å²) in [5.41, 5.74) is 5.68. The second-order valence-corrected chi connectivity index (χ2v) is 5.44. The highest BCUT2D eigenvalue weighted by atomic mass is 79.9. The zero-order chi connectivity index (χ0) is 13.7. The molecule has 1 heterocycles. The van der Waals surface area contributed by atoms with Gasteiger partial charge in [0.05, 0.1) is 6.04 Å². The standard InChI is InChI=1S/C13H18BrN3O2/c14-10-3-5-11(6-4-10)19-9-8-17-7-1-2-12(17)13(15)16-18/h3-6,12,18H,1-2,7-9H2,(H2,15,16).